The maximum absolute atomic E-state index is 12.6. The van der Waals surface area contributed by atoms with Crippen molar-refractivity contribution in [3.63, 3.8) is 0 Å². The van der Waals surface area contributed by atoms with Crippen LogP contribution in [0.3, 0.4) is 0 Å². The number of hydrogen-bond acceptors (Lipinski definition) is 4. The van der Waals surface area contributed by atoms with E-state index >= 15 is 0 Å². The first kappa shape index (κ1) is 12.7. The molecule has 1 fully saturated rings. The first-order valence-corrected chi connectivity index (χ1v) is 6.27. The second-order valence-corrected chi connectivity index (χ2v) is 5.15. The SMILES string of the molecule is COc1ccc2c(c1)C1(CC(=O)NC(=O)C1)C(=O)N2C. The molecule has 0 radical (unpaired) electrons. The van der Waals surface area contributed by atoms with Crippen LogP contribution in [0, 0.1) is 0 Å². The molecule has 6 heteroatoms. The topological polar surface area (TPSA) is 75.7 Å². The average Bonchev–Trinajstić information content (AvgIpc) is 2.60. The fourth-order valence-corrected chi connectivity index (χ4v) is 3.06. The number of methoxy groups -OCH3 is 1. The molecule has 3 rings (SSSR count). The van der Waals surface area contributed by atoms with E-state index in [-0.39, 0.29) is 18.7 Å². The first-order chi connectivity index (χ1) is 9.48. The standard InChI is InChI=1S/C14H14N2O4/c1-16-10-4-3-8(20-2)5-9(10)14(13(16)19)6-11(17)15-12(18)7-14/h3-5H,6-7H2,1-2H3,(H,15,17,18). The van der Waals surface area contributed by atoms with Crippen LogP contribution >= 0.6 is 0 Å². The minimum absolute atomic E-state index is 0.0118. The molecule has 2 aliphatic rings. The van der Waals surface area contributed by atoms with E-state index in [1.54, 1.807) is 25.2 Å². The summed E-state index contributed by atoms with van der Waals surface area (Å²) in [6.07, 6.45) is -0.0236. The number of nitrogens with zero attached hydrogens (tertiary/aromatic N) is 1. The van der Waals surface area contributed by atoms with Gasteiger partial charge in [-0.1, -0.05) is 0 Å². The molecule has 104 valence electrons. The third-order valence-electron chi connectivity index (χ3n) is 4.00. The molecule has 2 aliphatic heterocycles. The van der Waals surface area contributed by atoms with Crippen LogP contribution in [-0.2, 0) is 19.8 Å². The van der Waals surface area contributed by atoms with Crippen LogP contribution in [0.4, 0.5) is 5.69 Å². The highest BCUT2D eigenvalue weighted by Crippen LogP contribution is 2.47. The maximum Gasteiger partial charge on any atom is 0.238 e. The van der Waals surface area contributed by atoms with Gasteiger partial charge >= 0.3 is 0 Å². The van der Waals surface area contributed by atoms with Crippen molar-refractivity contribution in [1.82, 2.24) is 5.32 Å². The Morgan fingerprint density at radius 1 is 1.20 bits per heavy atom. The Labute approximate surface area is 115 Å². The van der Waals surface area contributed by atoms with Crippen LogP contribution in [0.25, 0.3) is 0 Å². The lowest BCUT2D eigenvalue weighted by Crippen LogP contribution is -2.51. The summed E-state index contributed by atoms with van der Waals surface area (Å²) in [7, 11) is 3.19. The molecule has 1 aromatic carbocycles. The predicted octanol–water partition coefficient (Wildman–Crippen LogP) is 0.346. The molecule has 1 aromatic rings. The molecule has 0 atom stereocenters. The number of benzene rings is 1. The van der Waals surface area contributed by atoms with E-state index in [2.05, 4.69) is 5.32 Å². The number of ether oxygens (including phenoxy) is 1. The van der Waals surface area contributed by atoms with Crippen molar-refractivity contribution in [2.75, 3.05) is 19.1 Å². The molecular weight excluding hydrogens is 260 g/mol. The van der Waals surface area contributed by atoms with Crippen LogP contribution in [-0.4, -0.2) is 31.9 Å². The molecule has 0 saturated carbocycles. The normalized spacial score (nSPS) is 20.1. The van der Waals surface area contributed by atoms with Crippen LogP contribution in [0.1, 0.15) is 18.4 Å². The number of fused-ring (bicyclic) bond motifs is 2. The summed E-state index contributed by atoms with van der Waals surface area (Å²) in [6, 6.07) is 5.27. The van der Waals surface area contributed by atoms with Crippen molar-refractivity contribution < 1.29 is 19.1 Å². The molecule has 6 nitrogen and oxygen atoms in total. The molecule has 0 aliphatic carbocycles. The fraction of sp³-hybridized carbons (Fsp3) is 0.357. The summed E-state index contributed by atoms with van der Waals surface area (Å²) >= 11 is 0. The Hall–Kier alpha value is -2.37. The average molecular weight is 274 g/mol. The number of amides is 3. The van der Waals surface area contributed by atoms with E-state index in [4.69, 9.17) is 4.74 Å². The molecule has 3 amide bonds. The van der Waals surface area contributed by atoms with Gasteiger partial charge in [0.15, 0.2) is 0 Å². The van der Waals surface area contributed by atoms with Gasteiger partial charge in [-0.15, -0.1) is 0 Å². The van der Waals surface area contributed by atoms with Gasteiger partial charge < -0.3 is 9.64 Å². The highest BCUT2D eigenvalue weighted by Gasteiger charge is 2.54. The van der Waals surface area contributed by atoms with Gasteiger partial charge in [0.1, 0.15) is 5.75 Å². The molecule has 0 unspecified atom stereocenters. The Balaban J connectivity index is 2.20. The van der Waals surface area contributed by atoms with Crippen molar-refractivity contribution in [3.8, 4) is 5.75 Å². The lowest BCUT2D eigenvalue weighted by molar-refractivity contribution is -0.140. The zero-order chi connectivity index (χ0) is 14.5. The second kappa shape index (κ2) is 4.06. The Kier molecular flexibility index (Phi) is 2.57. The number of carbonyl (C=O) groups is 3. The molecule has 1 N–H and O–H groups in total. The van der Waals surface area contributed by atoms with Gasteiger partial charge in [0.2, 0.25) is 17.7 Å². The minimum atomic E-state index is -1.09. The zero-order valence-electron chi connectivity index (χ0n) is 11.2. The first-order valence-electron chi connectivity index (χ1n) is 6.27. The predicted molar refractivity (Wildman–Crippen MR) is 70.5 cm³/mol. The smallest absolute Gasteiger partial charge is 0.238 e. The minimum Gasteiger partial charge on any atom is -0.497 e. The van der Waals surface area contributed by atoms with E-state index in [0.717, 1.165) is 5.69 Å². The molecule has 2 heterocycles. The van der Waals surface area contributed by atoms with Crippen molar-refractivity contribution in [1.29, 1.82) is 0 Å². The van der Waals surface area contributed by atoms with Crippen LogP contribution in [0.2, 0.25) is 0 Å². The quantitative estimate of drug-likeness (QED) is 0.750. The molecular formula is C14H14N2O4. The van der Waals surface area contributed by atoms with Gasteiger partial charge in [0.05, 0.1) is 12.5 Å². The van der Waals surface area contributed by atoms with Crippen LogP contribution in [0.15, 0.2) is 18.2 Å². The van der Waals surface area contributed by atoms with E-state index in [1.165, 1.54) is 12.0 Å². The molecule has 0 bridgehead atoms. The summed E-state index contributed by atoms with van der Waals surface area (Å²) in [4.78, 5) is 37.5. The fourth-order valence-electron chi connectivity index (χ4n) is 3.06. The number of rotatable bonds is 1. The Morgan fingerprint density at radius 3 is 2.45 bits per heavy atom. The highest BCUT2D eigenvalue weighted by molar-refractivity contribution is 6.15. The molecule has 1 saturated heterocycles. The lowest BCUT2D eigenvalue weighted by Gasteiger charge is -2.30. The van der Waals surface area contributed by atoms with Crippen molar-refractivity contribution in [2.24, 2.45) is 0 Å². The van der Waals surface area contributed by atoms with Gasteiger partial charge in [-0.05, 0) is 23.8 Å². The van der Waals surface area contributed by atoms with E-state index < -0.39 is 17.2 Å². The monoisotopic (exact) mass is 274 g/mol. The Bertz CT molecular complexity index is 622. The van der Waals surface area contributed by atoms with E-state index in [0.29, 0.717) is 11.3 Å². The van der Waals surface area contributed by atoms with Gasteiger partial charge in [0, 0.05) is 25.6 Å². The third-order valence-corrected chi connectivity index (χ3v) is 4.00. The summed E-state index contributed by atoms with van der Waals surface area (Å²) in [5, 5.41) is 2.25. The molecule has 1 spiro atoms. The number of imide groups is 1. The summed E-state index contributed by atoms with van der Waals surface area (Å²) < 4.78 is 5.18. The van der Waals surface area contributed by atoms with Gasteiger partial charge in [-0.3, -0.25) is 19.7 Å². The molecule has 20 heavy (non-hydrogen) atoms. The Morgan fingerprint density at radius 2 is 1.85 bits per heavy atom. The lowest BCUT2D eigenvalue weighted by atomic mass is 9.73. The largest absolute Gasteiger partial charge is 0.497 e. The maximum atomic E-state index is 12.6. The zero-order valence-corrected chi connectivity index (χ0v) is 11.2. The summed E-state index contributed by atoms with van der Waals surface area (Å²) in [5.74, 6) is -0.453. The van der Waals surface area contributed by atoms with Crippen molar-refractivity contribution >= 4 is 23.4 Å². The number of nitrogens with one attached hydrogen (secondary N) is 1. The van der Waals surface area contributed by atoms with Crippen molar-refractivity contribution in [2.45, 2.75) is 18.3 Å². The number of hydrogen-bond donors (Lipinski definition) is 1. The number of anilines is 1. The van der Waals surface area contributed by atoms with Gasteiger partial charge in [-0.2, -0.15) is 0 Å². The van der Waals surface area contributed by atoms with Gasteiger partial charge in [-0.25, -0.2) is 0 Å². The molecule has 0 aromatic heterocycles. The second-order valence-electron chi connectivity index (χ2n) is 5.15. The summed E-state index contributed by atoms with van der Waals surface area (Å²) in [5.41, 5.74) is 0.323. The third kappa shape index (κ3) is 1.54. The number of piperidine rings is 1. The van der Waals surface area contributed by atoms with Gasteiger partial charge in [0.25, 0.3) is 0 Å². The highest BCUT2D eigenvalue weighted by atomic mass is 16.5. The van der Waals surface area contributed by atoms with Crippen LogP contribution in [0.5, 0.6) is 5.75 Å². The van der Waals surface area contributed by atoms with Crippen molar-refractivity contribution in [3.05, 3.63) is 23.8 Å². The van der Waals surface area contributed by atoms with E-state index in [9.17, 15) is 14.4 Å². The number of likely N-dealkylation sites (N-methyl/N-ethyl adjacent to an activating group) is 1. The number of carbonyl (C=O) groups excluding carboxylic acids is 3. The summed E-state index contributed by atoms with van der Waals surface area (Å²) in [6.45, 7) is 0. The van der Waals surface area contributed by atoms with Crippen LogP contribution < -0.4 is 15.0 Å². The van der Waals surface area contributed by atoms with E-state index in [1.807, 2.05) is 0 Å².